The Bertz CT molecular complexity index is 328. The number of aromatic nitrogens is 5. The van der Waals surface area contributed by atoms with Crippen LogP contribution in [0.1, 0.15) is 0 Å². The van der Waals surface area contributed by atoms with E-state index in [0.29, 0.717) is 11.8 Å². The highest BCUT2D eigenvalue weighted by atomic mass is 15.5. The Kier molecular flexibility index (Phi) is 1.65. The summed E-state index contributed by atoms with van der Waals surface area (Å²) in [5.41, 5.74) is 0. The minimum atomic E-state index is 0.411. The van der Waals surface area contributed by atoms with Gasteiger partial charge in [0.1, 0.15) is 5.82 Å². The lowest BCUT2D eigenvalue weighted by atomic mass is 10.5. The molecule has 0 fully saturated rings. The summed E-state index contributed by atoms with van der Waals surface area (Å²) in [5, 5.41) is 16.0. The maximum atomic E-state index is 4.02. The van der Waals surface area contributed by atoms with Crippen molar-refractivity contribution in [1.29, 1.82) is 0 Å². The van der Waals surface area contributed by atoms with Gasteiger partial charge in [-0.25, -0.2) is 4.98 Å². The Hall–Kier alpha value is -1.98. The molecular formula is C6H6N6. The van der Waals surface area contributed by atoms with E-state index in [1.165, 1.54) is 0 Å². The number of tetrazole rings is 1. The predicted molar refractivity (Wildman–Crippen MR) is 41.7 cm³/mol. The number of hydrogen-bond donors (Lipinski definition) is 2. The van der Waals surface area contributed by atoms with Gasteiger partial charge in [0.2, 0.25) is 0 Å². The third-order valence-corrected chi connectivity index (χ3v) is 1.25. The van der Waals surface area contributed by atoms with Crippen LogP contribution in [0.2, 0.25) is 0 Å². The Morgan fingerprint density at radius 1 is 1.33 bits per heavy atom. The van der Waals surface area contributed by atoms with Gasteiger partial charge in [-0.05, 0) is 17.3 Å². The van der Waals surface area contributed by atoms with Crippen molar-refractivity contribution >= 4 is 11.8 Å². The van der Waals surface area contributed by atoms with Gasteiger partial charge in [-0.2, -0.15) is 5.21 Å². The van der Waals surface area contributed by atoms with Crippen molar-refractivity contribution in [3.63, 3.8) is 0 Å². The fraction of sp³-hybridized carbons (Fsp3) is 0. The first kappa shape index (κ1) is 6.71. The lowest BCUT2D eigenvalue weighted by molar-refractivity contribution is 0.881. The molecule has 0 unspecified atom stereocenters. The van der Waals surface area contributed by atoms with Crippen LogP contribution in [0.5, 0.6) is 0 Å². The van der Waals surface area contributed by atoms with Gasteiger partial charge in [0.05, 0.1) is 0 Å². The average molecular weight is 162 g/mol. The number of nitrogens with zero attached hydrogens (tertiary/aromatic N) is 4. The maximum absolute atomic E-state index is 4.02. The van der Waals surface area contributed by atoms with Crippen molar-refractivity contribution in [2.45, 2.75) is 0 Å². The number of H-pyrrole nitrogens is 1. The van der Waals surface area contributed by atoms with Crippen molar-refractivity contribution in [1.82, 2.24) is 25.6 Å². The predicted octanol–water partition coefficient (Wildman–Crippen LogP) is 0.338. The molecule has 0 atom stereocenters. The van der Waals surface area contributed by atoms with E-state index in [-0.39, 0.29) is 0 Å². The van der Waals surface area contributed by atoms with E-state index in [1.807, 2.05) is 18.2 Å². The zero-order chi connectivity index (χ0) is 8.23. The fourth-order valence-electron chi connectivity index (χ4n) is 0.766. The van der Waals surface area contributed by atoms with E-state index in [2.05, 4.69) is 30.9 Å². The number of nitrogens with one attached hydrogen (secondary N) is 2. The molecule has 2 heterocycles. The van der Waals surface area contributed by atoms with Gasteiger partial charge in [0.25, 0.3) is 5.95 Å². The molecule has 2 N–H and O–H groups in total. The van der Waals surface area contributed by atoms with Crippen LogP contribution in [0.4, 0.5) is 11.8 Å². The molecule has 6 heteroatoms. The Labute approximate surface area is 68.0 Å². The molecule has 2 rings (SSSR count). The molecule has 2 aromatic heterocycles. The summed E-state index contributed by atoms with van der Waals surface area (Å²) in [6, 6.07) is 5.52. The Morgan fingerprint density at radius 3 is 3.00 bits per heavy atom. The number of pyridine rings is 1. The summed E-state index contributed by atoms with van der Waals surface area (Å²) >= 11 is 0. The van der Waals surface area contributed by atoms with E-state index < -0.39 is 0 Å². The lowest BCUT2D eigenvalue weighted by Gasteiger charge is -1.96. The second-order valence-electron chi connectivity index (χ2n) is 2.08. The van der Waals surface area contributed by atoms with E-state index in [0.717, 1.165) is 0 Å². The molecule has 0 radical (unpaired) electrons. The van der Waals surface area contributed by atoms with Gasteiger partial charge in [-0.3, -0.25) is 0 Å². The average Bonchev–Trinajstić information content (AvgIpc) is 2.59. The van der Waals surface area contributed by atoms with Gasteiger partial charge in [0, 0.05) is 6.20 Å². The fourth-order valence-corrected chi connectivity index (χ4v) is 0.766. The van der Waals surface area contributed by atoms with Crippen LogP contribution >= 0.6 is 0 Å². The van der Waals surface area contributed by atoms with Crippen LogP contribution < -0.4 is 5.32 Å². The van der Waals surface area contributed by atoms with E-state index >= 15 is 0 Å². The van der Waals surface area contributed by atoms with Gasteiger partial charge < -0.3 is 5.32 Å². The minimum Gasteiger partial charge on any atom is -0.306 e. The second kappa shape index (κ2) is 2.95. The molecule has 60 valence electrons. The summed E-state index contributed by atoms with van der Waals surface area (Å²) in [5.74, 6) is 1.10. The van der Waals surface area contributed by atoms with Gasteiger partial charge in [-0.1, -0.05) is 11.2 Å². The molecule has 2 aromatic rings. The maximum Gasteiger partial charge on any atom is 0.268 e. The molecular weight excluding hydrogens is 156 g/mol. The van der Waals surface area contributed by atoms with Crippen molar-refractivity contribution in [2.24, 2.45) is 0 Å². The Morgan fingerprint density at radius 2 is 2.33 bits per heavy atom. The first-order valence-electron chi connectivity index (χ1n) is 3.36. The normalized spacial score (nSPS) is 9.67. The van der Waals surface area contributed by atoms with Crippen molar-refractivity contribution in [3.8, 4) is 0 Å². The second-order valence-corrected chi connectivity index (χ2v) is 2.08. The molecule has 0 saturated heterocycles. The number of rotatable bonds is 2. The summed E-state index contributed by atoms with van der Waals surface area (Å²) in [6.07, 6.45) is 1.68. The van der Waals surface area contributed by atoms with Gasteiger partial charge >= 0.3 is 0 Å². The molecule has 6 nitrogen and oxygen atoms in total. The molecule has 0 spiro atoms. The largest absolute Gasteiger partial charge is 0.306 e. The SMILES string of the molecule is c1ccc(Nc2nn[nH]n2)nc1. The number of hydrogen-bond acceptors (Lipinski definition) is 5. The smallest absolute Gasteiger partial charge is 0.268 e. The highest BCUT2D eigenvalue weighted by Gasteiger charge is 1.96. The summed E-state index contributed by atoms with van der Waals surface area (Å²) in [7, 11) is 0. The number of aromatic amines is 1. The van der Waals surface area contributed by atoms with Crippen molar-refractivity contribution in [3.05, 3.63) is 24.4 Å². The minimum absolute atomic E-state index is 0.411. The zero-order valence-corrected chi connectivity index (χ0v) is 6.10. The molecule has 0 aromatic carbocycles. The Balaban J connectivity index is 2.15. The molecule has 0 bridgehead atoms. The molecule has 12 heavy (non-hydrogen) atoms. The highest BCUT2D eigenvalue weighted by Crippen LogP contribution is 2.05. The molecule has 0 saturated carbocycles. The van der Waals surface area contributed by atoms with Gasteiger partial charge in [-0.15, -0.1) is 5.10 Å². The monoisotopic (exact) mass is 162 g/mol. The van der Waals surface area contributed by atoms with E-state index in [9.17, 15) is 0 Å². The van der Waals surface area contributed by atoms with Crippen molar-refractivity contribution in [2.75, 3.05) is 5.32 Å². The number of anilines is 2. The van der Waals surface area contributed by atoms with Crippen molar-refractivity contribution < 1.29 is 0 Å². The van der Waals surface area contributed by atoms with Crippen LogP contribution in [0.25, 0.3) is 0 Å². The molecule has 0 aliphatic heterocycles. The quantitative estimate of drug-likeness (QED) is 0.665. The molecule has 0 aliphatic carbocycles. The van der Waals surface area contributed by atoms with E-state index in [4.69, 9.17) is 0 Å². The third kappa shape index (κ3) is 1.36. The highest BCUT2D eigenvalue weighted by molar-refractivity contribution is 5.45. The van der Waals surface area contributed by atoms with Crippen LogP contribution in [-0.2, 0) is 0 Å². The van der Waals surface area contributed by atoms with Gasteiger partial charge in [0.15, 0.2) is 0 Å². The zero-order valence-electron chi connectivity index (χ0n) is 6.10. The molecule has 0 amide bonds. The molecule has 0 aliphatic rings. The first-order valence-corrected chi connectivity index (χ1v) is 3.36. The summed E-state index contributed by atoms with van der Waals surface area (Å²) < 4.78 is 0. The summed E-state index contributed by atoms with van der Waals surface area (Å²) in [4.78, 5) is 4.02. The van der Waals surface area contributed by atoms with Crippen LogP contribution in [-0.4, -0.2) is 25.6 Å². The summed E-state index contributed by atoms with van der Waals surface area (Å²) in [6.45, 7) is 0. The lowest BCUT2D eigenvalue weighted by Crippen LogP contribution is -1.94. The van der Waals surface area contributed by atoms with E-state index in [1.54, 1.807) is 6.20 Å². The first-order chi connectivity index (χ1) is 5.95. The van der Waals surface area contributed by atoms with Crippen LogP contribution in [0, 0.1) is 0 Å². The van der Waals surface area contributed by atoms with Crippen LogP contribution in [0.15, 0.2) is 24.4 Å². The topological polar surface area (TPSA) is 79.4 Å². The standard InChI is InChI=1S/C6H6N6/c1-2-4-7-5(3-1)8-6-9-11-12-10-6/h1-4H,(H2,7,8,9,10,11,12). The van der Waals surface area contributed by atoms with Crippen LogP contribution in [0.3, 0.4) is 0 Å². The third-order valence-electron chi connectivity index (χ3n) is 1.25.